The molecule has 0 saturated heterocycles. The van der Waals surface area contributed by atoms with Crippen molar-refractivity contribution in [2.45, 2.75) is 6.42 Å². The maximum atomic E-state index is 5.29. The zero-order valence-corrected chi connectivity index (χ0v) is 6.64. The molecule has 4 nitrogen and oxygen atoms in total. The van der Waals surface area contributed by atoms with E-state index >= 15 is 0 Å². The standard InChI is InChI=1S/C5H10N4.ClH/c1-9-7-4-5(8-9)2-3-6;/h4H,2-3,6H2,1H3;1H. The van der Waals surface area contributed by atoms with Gasteiger partial charge in [0.15, 0.2) is 0 Å². The predicted octanol–water partition coefficient (Wildman–Crippen LogP) is -0.262. The molecule has 2 N–H and O–H groups in total. The van der Waals surface area contributed by atoms with Crippen molar-refractivity contribution in [1.29, 1.82) is 0 Å². The summed E-state index contributed by atoms with van der Waals surface area (Å²) in [7, 11) is 1.79. The van der Waals surface area contributed by atoms with E-state index in [4.69, 9.17) is 5.73 Å². The van der Waals surface area contributed by atoms with Gasteiger partial charge in [0, 0.05) is 13.5 Å². The highest BCUT2D eigenvalue weighted by Crippen LogP contribution is 1.88. The highest BCUT2D eigenvalue weighted by molar-refractivity contribution is 5.85. The number of hydrogen-bond acceptors (Lipinski definition) is 3. The minimum atomic E-state index is 0. The van der Waals surface area contributed by atoms with E-state index in [1.54, 1.807) is 13.2 Å². The fourth-order valence-electron chi connectivity index (χ4n) is 0.650. The van der Waals surface area contributed by atoms with Crippen LogP contribution < -0.4 is 5.73 Å². The Bertz CT molecular complexity index is 186. The summed E-state index contributed by atoms with van der Waals surface area (Å²) in [5.74, 6) is 0. The van der Waals surface area contributed by atoms with Crippen molar-refractivity contribution in [3.63, 3.8) is 0 Å². The molecule has 1 rings (SSSR count). The molecule has 0 atom stereocenters. The predicted molar refractivity (Wildman–Crippen MR) is 41.0 cm³/mol. The SMILES string of the molecule is Cl.Cn1ncc(CCN)n1. The van der Waals surface area contributed by atoms with Crippen LogP contribution in [0.5, 0.6) is 0 Å². The zero-order valence-electron chi connectivity index (χ0n) is 5.82. The van der Waals surface area contributed by atoms with Crippen LogP contribution in [0.3, 0.4) is 0 Å². The van der Waals surface area contributed by atoms with E-state index in [9.17, 15) is 0 Å². The average molecular weight is 163 g/mol. The van der Waals surface area contributed by atoms with E-state index < -0.39 is 0 Å². The molecular weight excluding hydrogens is 152 g/mol. The van der Waals surface area contributed by atoms with Gasteiger partial charge in [-0.25, -0.2) is 0 Å². The molecule has 58 valence electrons. The van der Waals surface area contributed by atoms with E-state index in [0.717, 1.165) is 12.1 Å². The van der Waals surface area contributed by atoms with Crippen LogP contribution in [0.15, 0.2) is 6.20 Å². The molecule has 1 aromatic heterocycles. The summed E-state index contributed by atoms with van der Waals surface area (Å²) < 4.78 is 0. The van der Waals surface area contributed by atoms with Crippen LogP contribution in [-0.4, -0.2) is 21.5 Å². The molecule has 0 fully saturated rings. The number of hydrogen-bond donors (Lipinski definition) is 1. The average Bonchev–Trinajstić information content (AvgIpc) is 2.17. The van der Waals surface area contributed by atoms with Crippen LogP contribution in [0.25, 0.3) is 0 Å². The topological polar surface area (TPSA) is 56.7 Å². The maximum Gasteiger partial charge on any atom is 0.0839 e. The van der Waals surface area contributed by atoms with Gasteiger partial charge in [-0.05, 0) is 6.54 Å². The van der Waals surface area contributed by atoms with Crippen molar-refractivity contribution in [1.82, 2.24) is 15.0 Å². The normalized spacial score (nSPS) is 9.00. The summed E-state index contributed by atoms with van der Waals surface area (Å²) in [6.45, 7) is 0.638. The third-order valence-electron chi connectivity index (χ3n) is 1.05. The van der Waals surface area contributed by atoms with Crippen LogP contribution in [0.1, 0.15) is 5.69 Å². The van der Waals surface area contributed by atoms with Crippen LogP contribution >= 0.6 is 12.4 Å². The van der Waals surface area contributed by atoms with Gasteiger partial charge in [-0.2, -0.15) is 15.0 Å². The van der Waals surface area contributed by atoms with Gasteiger partial charge in [-0.3, -0.25) is 0 Å². The van der Waals surface area contributed by atoms with Gasteiger partial charge >= 0.3 is 0 Å². The van der Waals surface area contributed by atoms with Gasteiger partial charge in [-0.15, -0.1) is 12.4 Å². The van der Waals surface area contributed by atoms with E-state index in [1.165, 1.54) is 4.80 Å². The van der Waals surface area contributed by atoms with Crippen molar-refractivity contribution in [3.05, 3.63) is 11.9 Å². The summed E-state index contributed by atoms with van der Waals surface area (Å²) >= 11 is 0. The lowest BCUT2D eigenvalue weighted by molar-refractivity contribution is 0.644. The number of aromatic nitrogens is 3. The van der Waals surface area contributed by atoms with Crippen LogP contribution in [0, 0.1) is 0 Å². The lowest BCUT2D eigenvalue weighted by Gasteiger charge is -1.85. The van der Waals surface area contributed by atoms with Crippen molar-refractivity contribution >= 4 is 12.4 Å². The molecule has 0 aliphatic rings. The van der Waals surface area contributed by atoms with Crippen molar-refractivity contribution in [2.75, 3.05) is 6.54 Å². The minimum absolute atomic E-state index is 0. The second-order valence-electron chi connectivity index (χ2n) is 1.86. The van der Waals surface area contributed by atoms with Crippen molar-refractivity contribution < 1.29 is 0 Å². The molecule has 0 aliphatic heterocycles. The number of rotatable bonds is 2. The number of nitrogens with zero attached hydrogens (tertiary/aromatic N) is 3. The molecule has 0 saturated carbocycles. The number of halogens is 1. The summed E-state index contributed by atoms with van der Waals surface area (Å²) in [6.07, 6.45) is 2.54. The Balaban J connectivity index is 0.000000810. The second-order valence-corrected chi connectivity index (χ2v) is 1.86. The molecule has 0 aliphatic carbocycles. The zero-order chi connectivity index (χ0) is 6.69. The Morgan fingerprint density at radius 3 is 2.80 bits per heavy atom. The van der Waals surface area contributed by atoms with Gasteiger partial charge in [0.05, 0.1) is 11.9 Å². The van der Waals surface area contributed by atoms with Gasteiger partial charge in [0.2, 0.25) is 0 Å². The molecule has 1 heterocycles. The van der Waals surface area contributed by atoms with Crippen molar-refractivity contribution in [2.24, 2.45) is 12.8 Å². The highest BCUT2D eigenvalue weighted by Gasteiger charge is 1.93. The van der Waals surface area contributed by atoms with Gasteiger partial charge in [0.1, 0.15) is 0 Å². The quantitative estimate of drug-likeness (QED) is 0.652. The van der Waals surface area contributed by atoms with Crippen LogP contribution in [-0.2, 0) is 13.5 Å². The molecule has 1 aromatic rings. The summed E-state index contributed by atoms with van der Waals surface area (Å²) in [6, 6.07) is 0. The first-order valence-electron chi connectivity index (χ1n) is 2.88. The highest BCUT2D eigenvalue weighted by atomic mass is 35.5. The van der Waals surface area contributed by atoms with Gasteiger partial charge in [-0.1, -0.05) is 0 Å². The van der Waals surface area contributed by atoms with E-state index in [-0.39, 0.29) is 12.4 Å². The first-order chi connectivity index (χ1) is 4.33. The monoisotopic (exact) mass is 162 g/mol. The maximum absolute atomic E-state index is 5.29. The second kappa shape index (κ2) is 4.24. The van der Waals surface area contributed by atoms with Crippen LogP contribution in [0.4, 0.5) is 0 Å². The Morgan fingerprint density at radius 1 is 1.70 bits per heavy atom. The Kier molecular flexibility index (Phi) is 3.99. The molecule has 0 aromatic carbocycles. The van der Waals surface area contributed by atoms with E-state index in [1.807, 2.05) is 0 Å². The molecule has 10 heavy (non-hydrogen) atoms. The molecule has 0 bridgehead atoms. The Morgan fingerprint density at radius 2 is 2.40 bits per heavy atom. The summed E-state index contributed by atoms with van der Waals surface area (Å²) in [4.78, 5) is 1.53. The molecular formula is C5H11ClN4. The number of nitrogens with two attached hydrogens (primary N) is 1. The molecule has 0 radical (unpaired) electrons. The summed E-state index contributed by atoms with van der Waals surface area (Å²) in [5, 5.41) is 7.91. The first-order valence-corrected chi connectivity index (χ1v) is 2.88. The summed E-state index contributed by atoms with van der Waals surface area (Å²) in [5.41, 5.74) is 6.25. The smallest absolute Gasteiger partial charge is 0.0839 e. The lowest BCUT2D eigenvalue weighted by atomic mass is 10.3. The lowest BCUT2D eigenvalue weighted by Crippen LogP contribution is -2.03. The Hall–Kier alpha value is -0.610. The van der Waals surface area contributed by atoms with Gasteiger partial charge < -0.3 is 5.73 Å². The molecule has 0 amide bonds. The first kappa shape index (κ1) is 9.39. The third-order valence-corrected chi connectivity index (χ3v) is 1.05. The third kappa shape index (κ3) is 2.33. The fourth-order valence-corrected chi connectivity index (χ4v) is 0.650. The Labute approximate surface area is 65.8 Å². The van der Waals surface area contributed by atoms with E-state index in [2.05, 4.69) is 10.2 Å². The van der Waals surface area contributed by atoms with Crippen LogP contribution in [0.2, 0.25) is 0 Å². The largest absolute Gasteiger partial charge is 0.330 e. The molecule has 5 heteroatoms. The molecule has 0 spiro atoms. The fraction of sp³-hybridized carbons (Fsp3) is 0.600. The minimum Gasteiger partial charge on any atom is -0.330 e. The number of aryl methyl sites for hydroxylation is 1. The van der Waals surface area contributed by atoms with E-state index in [0.29, 0.717) is 6.54 Å². The molecule has 0 unspecified atom stereocenters. The van der Waals surface area contributed by atoms with Crippen molar-refractivity contribution in [3.8, 4) is 0 Å². The van der Waals surface area contributed by atoms with Gasteiger partial charge in [0.25, 0.3) is 0 Å².